The van der Waals surface area contributed by atoms with E-state index < -0.39 is 0 Å². The lowest BCUT2D eigenvalue weighted by Gasteiger charge is -1.99. The molecule has 1 N–H and O–H groups in total. The molecule has 0 saturated heterocycles. The summed E-state index contributed by atoms with van der Waals surface area (Å²) in [5, 5.41) is 0. The molecule has 0 radical (unpaired) electrons. The van der Waals surface area contributed by atoms with Crippen molar-refractivity contribution in [2.24, 2.45) is 5.92 Å². The van der Waals surface area contributed by atoms with Gasteiger partial charge in [-0.05, 0) is 5.92 Å². The lowest BCUT2D eigenvalue weighted by Crippen LogP contribution is -2.08. The van der Waals surface area contributed by atoms with Gasteiger partial charge in [-0.15, -0.1) is 6.58 Å². The van der Waals surface area contributed by atoms with Gasteiger partial charge in [0.05, 0.1) is 0 Å². The van der Waals surface area contributed by atoms with Crippen LogP contribution in [0.2, 0.25) is 0 Å². The Morgan fingerprint density at radius 2 is 2.57 bits per heavy atom. The average molecular weight is 117 g/mol. The third-order valence-electron chi connectivity index (χ3n) is 0.816. The summed E-state index contributed by atoms with van der Waals surface area (Å²) in [5.74, 6) is 0.525. The summed E-state index contributed by atoms with van der Waals surface area (Å²) in [5.41, 5.74) is 0. The van der Waals surface area contributed by atoms with Crippen LogP contribution in [-0.4, -0.2) is 6.54 Å². The fourth-order valence-electron chi connectivity index (χ4n) is 0.227. The van der Waals surface area contributed by atoms with E-state index in [1.54, 1.807) is 0 Å². The molecule has 0 bridgehead atoms. The fraction of sp³-hybridized carbons (Fsp3) is 0.600. The van der Waals surface area contributed by atoms with Gasteiger partial charge >= 0.3 is 0 Å². The van der Waals surface area contributed by atoms with E-state index in [4.69, 9.17) is 0 Å². The summed E-state index contributed by atoms with van der Waals surface area (Å²) in [6.07, 6.45) is 1.89. The number of hydrogen-bond acceptors (Lipinski definition) is 2. The summed E-state index contributed by atoms with van der Waals surface area (Å²) in [4.78, 5) is 0. The molecule has 42 valence electrons. The molecule has 0 aliphatic heterocycles. The maximum Gasteiger partial charge on any atom is 0.0116 e. The van der Waals surface area contributed by atoms with Gasteiger partial charge in [0.25, 0.3) is 0 Å². The van der Waals surface area contributed by atoms with Crippen LogP contribution in [0.3, 0.4) is 0 Å². The predicted octanol–water partition coefficient (Wildman–Crippen LogP) is 1.24. The predicted molar refractivity (Wildman–Crippen MR) is 36.3 cm³/mol. The normalized spacial score (nSPS) is 13.4. The van der Waals surface area contributed by atoms with Gasteiger partial charge in [-0.3, -0.25) is 4.72 Å². The smallest absolute Gasteiger partial charge is 0.0116 e. The number of hydrogen-bond donors (Lipinski definition) is 2. The van der Waals surface area contributed by atoms with Crippen LogP contribution in [-0.2, 0) is 0 Å². The van der Waals surface area contributed by atoms with Crippen LogP contribution in [0.1, 0.15) is 6.92 Å². The van der Waals surface area contributed by atoms with Crippen molar-refractivity contribution in [3.8, 4) is 0 Å². The van der Waals surface area contributed by atoms with E-state index >= 15 is 0 Å². The molecule has 0 unspecified atom stereocenters. The summed E-state index contributed by atoms with van der Waals surface area (Å²) < 4.78 is 2.74. The van der Waals surface area contributed by atoms with Crippen LogP contribution in [0.4, 0.5) is 0 Å². The molecular formula is C5H11NS. The van der Waals surface area contributed by atoms with Crippen molar-refractivity contribution in [1.29, 1.82) is 0 Å². The molecule has 0 heterocycles. The van der Waals surface area contributed by atoms with Gasteiger partial charge in [-0.2, -0.15) is 0 Å². The molecule has 1 nitrogen and oxygen atoms in total. The van der Waals surface area contributed by atoms with E-state index in [0.717, 1.165) is 6.54 Å². The second-order valence-corrected chi connectivity index (χ2v) is 1.89. The van der Waals surface area contributed by atoms with Crippen molar-refractivity contribution in [3.63, 3.8) is 0 Å². The summed E-state index contributed by atoms with van der Waals surface area (Å²) >= 11 is 3.82. The molecular weight excluding hydrogens is 106 g/mol. The minimum Gasteiger partial charge on any atom is -0.266 e. The molecule has 0 aliphatic rings. The summed E-state index contributed by atoms with van der Waals surface area (Å²) in [6.45, 7) is 6.58. The molecule has 0 rings (SSSR count). The van der Waals surface area contributed by atoms with Crippen LogP contribution >= 0.6 is 12.8 Å². The highest BCUT2D eigenvalue weighted by Gasteiger charge is 1.88. The Balaban J connectivity index is 2.98. The van der Waals surface area contributed by atoms with E-state index in [1.807, 2.05) is 6.08 Å². The third kappa shape index (κ3) is 3.89. The molecule has 0 saturated carbocycles. The van der Waals surface area contributed by atoms with Gasteiger partial charge in [-0.1, -0.05) is 25.8 Å². The van der Waals surface area contributed by atoms with Crippen LogP contribution in [0.15, 0.2) is 12.7 Å². The Bertz CT molecular complexity index is 54.0. The zero-order valence-corrected chi connectivity index (χ0v) is 5.41. The van der Waals surface area contributed by atoms with Crippen molar-refractivity contribution < 1.29 is 0 Å². The number of thiol groups is 1. The lowest BCUT2D eigenvalue weighted by molar-refractivity contribution is 0.713. The van der Waals surface area contributed by atoms with Crippen molar-refractivity contribution in [1.82, 2.24) is 4.72 Å². The van der Waals surface area contributed by atoms with Gasteiger partial charge in [0, 0.05) is 6.54 Å². The first-order valence-electron chi connectivity index (χ1n) is 2.30. The number of nitrogens with one attached hydrogen (secondary N) is 1. The maximum absolute atomic E-state index is 3.82. The second kappa shape index (κ2) is 4.22. The van der Waals surface area contributed by atoms with Crippen LogP contribution < -0.4 is 4.72 Å². The summed E-state index contributed by atoms with van der Waals surface area (Å²) in [6, 6.07) is 0. The Kier molecular flexibility index (Phi) is 4.25. The van der Waals surface area contributed by atoms with Gasteiger partial charge in [-0.25, -0.2) is 0 Å². The van der Waals surface area contributed by atoms with Crippen molar-refractivity contribution in [3.05, 3.63) is 12.7 Å². The highest BCUT2D eigenvalue weighted by molar-refractivity contribution is 7.78. The lowest BCUT2D eigenvalue weighted by atomic mass is 10.2. The molecule has 1 atom stereocenters. The molecule has 0 fully saturated rings. The highest BCUT2D eigenvalue weighted by atomic mass is 32.1. The molecule has 7 heavy (non-hydrogen) atoms. The first-order valence-corrected chi connectivity index (χ1v) is 2.75. The topological polar surface area (TPSA) is 12.0 Å². The molecule has 0 amide bonds. The Morgan fingerprint density at radius 1 is 2.00 bits per heavy atom. The van der Waals surface area contributed by atoms with Crippen molar-refractivity contribution in [2.75, 3.05) is 6.54 Å². The molecule has 0 aliphatic carbocycles. The number of rotatable bonds is 3. The van der Waals surface area contributed by atoms with Crippen LogP contribution in [0.5, 0.6) is 0 Å². The molecule has 0 aromatic rings. The monoisotopic (exact) mass is 117 g/mol. The van der Waals surface area contributed by atoms with Gasteiger partial charge < -0.3 is 0 Å². The average Bonchev–Trinajstić information content (AvgIpc) is 1.68. The third-order valence-corrected chi connectivity index (χ3v) is 0.998. The summed E-state index contributed by atoms with van der Waals surface area (Å²) in [7, 11) is 0. The van der Waals surface area contributed by atoms with Gasteiger partial charge in [0.1, 0.15) is 0 Å². The molecule has 2 heteroatoms. The highest BCUT2D eigenvalue weighted by Crippen LogP contribution is 1.90. The maximum atomic E-state index is 3.82. The standard InChI is InChI=1S/C5H11NS/c1-3-5(2)4-6-7/h3,5-7H,1,4H2,2H3/t5-/m1/s1. The van der Waals surface area contributed by atoms with Crippen molar-refractivity contribution >= 4 is 12.8 Å². The Hall–Kier alpha value is 0.0500. The zero-order valence-electron chi connectivity index (χ0n) is 4.52. The van der Waals surface area contributed by atoms with Crippen molar-refractivity contribution in [2.45, 2.75) is 6.92 Å². The molecule has 0 aromatic carbocycles. The van der Waals surface area contributed by atoms with Gasteiger partial charge in [0.15, 0.2) is 0 Å². The molecule has 0 aromatic heterocycles. The van der Waals surface area contributed by atoms with Crippen LogP contribution in [0, 0.1) is 5.92 Å². The largest absolute Gasteiger partial charge is 0.266 e. The molecule has 0 spiro atoms. The fourth-order valence-corrected chi connectivity index (χ4v) is 0.515. The van der Waals surface area contributed by atoms with E-state index in [1.165, 1.54) is 0 Å². The second-order valence-electron chi connectivity index (χ2n) is 1.58. The Morgan fingerprint density at radius 3 is 2.71 bits per heavy atom. The first-order chi connectivity index (χ1) is 3.31. The van der Waals surface area contributed by atoms with Gasteiger partial charge in [0.2, 0.25) is 0 Å². The quantitative estimate of drug-likeness (QED) is 0.418. The van der Waals surface area contributed by atoms with E-state index in [2.05, 4.69) is 31.0 Å². The van der Waals surface area contributed by atoms with E-state index in [9.17, 15) is 0 Å². The van der Waals surface area contributed by atoms with E-state index in [-0.39, 0.29) is 0 Å². The first kappa shape index (κ1) is 7.05. The zero-order chi connectivity index (χ0) is 5.70. The van der Waals surface area contributed by atoms with Crippen LogP contribution in [0.25, 0.3) is 0 Å². The minimum atomic E-state index is 0.525. The SMILES string of the molecule is C=C[C@@H](C)CNS. The van der Waals surface area contributed by atoms with E-state index in [0.29, 0.717) is 5.92 Å². The minimum absolute atomic E-state index is 0.525. The Labute approximate surface area is 50.3 Å².